The number of ether oxygens (including phenoxy) is 2. The molecule has 0 spiro atoms. The summed E-state index contributed by atoms with van der Waals surface area (Å²) < 4.78 is 12.7. The number of nitrogens with zero attached hydrogens (tertiary/aromatic N) is 4. The Labute approximate surface area is 228 Å². The third-order valence-corrected chi connectivity index (χ3v) is 8.04. The van der Waals surface area contributed by atoms with E-state index in [1.165, 1.54) is 26.0 Å². The van der Waals surface area contributed by atoms with Gasteiger partial charge in [-0.1, -0.05) is 23.5 Å². The molecule has 1 amide bonds. The second-order valence-corrected chi connectivity index (χ2v) is 10.2. The number of fused-ring (bicyclic) bond motifs is 1. The lowest BCUT2D eigenvalue weighted by molar-refractivity contribution is -0.132. The molecule has 4 aromatic rings. The number of anilines is 1. The van der Waals surface area contributed by atoms with E-state index in [4.69, 9.17) is 9.47 Å². The fourth-order valence-corrected chi connectivity index (χ4v) is 5.84. The SMILES string of the molecule is COc1ccc(C2/C(=C(\O)c3nc4c(C)cccn4c3C)C(=O)C(=O)N2c2nc(C)c(C(C)=O)s2)cc1OC. The van der Waals surface area contributed by atoms with Crippen LogP contribution < -0.4 is 14.4 Å². The maximum Gasteiger partial charge on any atom is 0.301 e. The van der Waals surface area contributed by atoms with Crippen molar-refractivity contribution < 1.29 is 29.0 Å². The molecule has 0 aliphatic carbocycles. The zero-order valence-electron chi connectivity index (χ0n) is 22.2. The van der Waals surface area contributed by atoms with Gasteiger partial charge in [-0.05, 0) is 50.1 Å². The van der Waals surface area contributed by atoms with Crippen molar-refractivity contribution in [2.75, 3.05) is 19.1 Å². The van der Waals surface area contributed by atoms with Crippen LogP contribution in [0.15, 0.2) is 42.1 Å². The van der Waals surface area contributed by atoms with Crippen LogP contribution in [0.4, 0.5) is 5.13 Å². The first-order chi connectivity index (χ1) is 18.6. The topological polar surface area (TPSA) is 123 Å². The van der Waals surface area contributed by atoms with E-state index in [1.807, 2.05) is 29.7 Å². The summed E-state index contributed by atoms with van der Waals surface area (Å²) in [6.07, 6.45) is 1.81. The number of ketones is 2. The van der Waals surface area contributed by atoms with Crippen LogP contribution in [0, 0.1) is 20.8 Å². The average Bonchev–Trinajstić information content (AvgIpc) is 3.55. The molecule has 4 heterocycles. The summed E-state index contributed by atoms with van der Waals surface area (Å²) in [7, 11) is 2.98. The van der Waals surface area contributed by atoms with E-state index in [2.05, 4.69) is 9.97 Å². The second kappa shape index (κ2) is 9.66. The molecule has 1 atom stereocenters. The smallest absolute Gasteiger partial charge is 0.301 e. The Hall–Kier alpha value is -4.51. The van der Waals surface area contributed by atoms with Crippen molar-refractivity contribution >= 4 is 45.3 Å². The van der Waals surface area contributed by atoms with Crippen molar-refractivity contribution in [3.8, 4) is 11.5 Å². The number of carbonyl (C=O) groups excluding carboxylic acids is 3. The first kappa shape index (κ1) is 26.1. The minimum absolute atomic E-state index is 0.145. The number of imidazole rings is 1. The number of aromatic nitrogens is 3. The molecule has 1 N–H and O–H groups in total. The van der Waals surface area contributed by atoms with Gasteiger partial charge >= 0.3 is 5.91 Å². The third kappa shape index (κ3) is 4.06. The lowest BCUT2D eigenvalue weighted by atomic mass is 9.96. The van der Waals surface area contributed by atoms with E-state index in [0.717, 1.165) is 16.9 Å². The first-order valence-corrected chi connectivity index (χ1v) is 12.9. The van der Waals surface area contributed by atoms with Crippen molar-refractivity contribution in [1.82, 2.24) is 14.4 Å². The van der Waals surface area contributed by atoms with Gasteiger partial charge in [0.2, 0.25) is 0 Å². The molecule has 200 valence electrons. The number of rotatable bonds is 6. The van der Waals surface area contributed by atoms with Crippen molar-refractivity contribution in [3.63, 3.8) is 0 Å². The minimum atomic E-state index is -1.07. The maximum atomic E-state index is 13.6. The van der Waals surface area contributed by atoms with Crippen molar-refractivity contribution in [1.29, 1.82) is 0 Å². The number of thiazole rings is 1. The van der Waals surface area contributed by atoms with Crippen LogP contribution in [0.2, 0.25) is 0 Å². The predicted octanol–water partition coefficient (Wildman–Crippen LogP) is 4.56. The highest BCUT2D eigenvalue weighted by atomic mass is 32.1. The number of hydrogen-bond donors (Lipinski definition) is 1. The van der Waals surface area contributed by atoms with Gasteiger partial charge in [-0.25, -0.2) is 9.97 Å². The van der Waals surface area contributed by atoms with Crippen LogP contribution in [0.5, 0.6) is 11.5 Å². The number of Topliss-reactive ketones (excluding diaryl/α,β-unsaturated/α-hetero) is 2. The number of benzene rings is 1. The summed E-state index contributed by atoms with van der Waals surface area (Å²) in [4.78, 5) is 50.0. The van der Waals surface area contributed by atoms with E-state index in [-0.39, 0.29) is 22.2 Å². The average molecular weight is 547 g/mol. The van der Waals surface area contributed by atoms with Crippen LogP contribution in [-0.2, 0) is 9.59 Å². The third-order valence-electron chi connectivity index (χ3n) is 6.79. The highest BCUT2D eigenvalue weighted by Crippen LogP contribution is 2.45. The fraction of sp³-hybridized carbons (Fsp3) is 0.250. The van der Waals surface area contributed by atoms with Gasteiger partial charge in [-0.3, -0.25) is 19.3 Å². The molecule has 39 heavy (non-hydrogen) atoms. The molecule has 1 fully saturated rings. The van der Waals surface area contributed by atoms with E-state index in [0.29, 0.717) is 39.0 Å². The Morgan fingerprint density at radius 2 is 1.77 bits per heavy atom. The zero-order chi connectivity index (χ0) is 28.2. The molecule has 1 unspecified atom stereocenters. The molecule has 1 aliphatic heterocycles. The Bertz CT molecular complexity index is 1720. The molecule has 1 aliphatic rings. The maximum absolute atomic E-state index is 13.6. The van der Waals surface area contributed by atoms with Gasteiger partial charge in [0.05, 0.1) is 42.1 Å². The van der Waals surface area contributed by atoms with Crippen LogP contribution in [0.3, 0.4) is 0 Å². The Kier molecular flexibility index (Phi) is 6.47. The first-order valence-electron chi connectivity index (χ1n) is 12.0. The molecule has 1 saturated heterocycles. The molecule has 0 bridgehead atoms. The molecular formula is C28H26N4O6S. The second-order valence-electron chi connectivity index (χ2n) is 9.18. The van der Waals surface area contributed by atoms with Gasteiger partial charge < -0.3 is 19.0 Å². The largest absolute Gasteiger partial charge is 0.505 e. The number of aryl methyl sites for hydroxylation is 3. The molecule has 0 saturated carbocycles. The highest BCUT2D eigenvalue weighted by molar-refractivity contribution is 7.18. The summed E-state index contributed by atoms with van der Waals surface area (Å²) in [6.45, 7) is 6.75. The quantitative estimate of drug-likeness (QED) is 0.162. The standard InChI is InChI=1S/C28H26N4O6S/c1-13-8-7-11-31-15(3)21(30-26(13)31)23(34)20-22(17-9-10-18(37-5)19(12-17)38-6)32(27(36)24(20)35)28-29-14(2)25(39-28)16(4)33/h7-12,22,34H,1-6H3/b23-20+. The molecular weight excluding hydrogens is 520 g/mol. The van der Waals surface area contributed by atoms with Crippen molar-refractivity contribution in [3.05, 3.63) is 75.2 Å². The Morgan fingerprint density at radius 1 is 1.05 bits per heavy atom. The molecule has 5 rings (SSSR count). The van der Waals surface area contributed by atoms with E-state index >= 15 is 0 Å². The van der Waals surface area contributed by atoms with Crippen molar-refractivity contribution in [2.24, 2.45) is 0 Å². The summed E-state index contributed by atoms with van der Waals surface area (Å²) in [5.74, 6) is -1.55. The predicted molar refractivity (Wildman–Crippen MR) is 146 cm³/mol. The molecule has 3 aromatic heterocycles. The number of amides is 1. The molecule has 0 radical (unpaired) electrons. The molecule has 10 nitrogen and oxygen atoms in total. The van der Waals surface area contributed by atoms with Gasteiger partial charge in [0.1, 0.15) is 11.3 Å². The normalized spacial score (nSPS) is 16.8. The lowest BCUT2D eigenvalue weighted by Gasteiger charge is -2.23. The number of aliphatic hydroxyl groups is 1. The molecule has 11 heteroatoms. The van der Waals surface area contributed by atoms with Crippen LogP contribution in [0.1, 0.15) is 50.8 Å². The van der Waals surface area contributed by atoms with Crippen molar-refractivity contribution in [2.45, 2.75) is 33.7 Å². The number of carbonyl (C=O) groups is 3. The van der Waals surface area contributed by atoms with Crippen LogP contribution >= 0.6 is 11.3 Å². The Balaban J connectivity index is 1.79. The Morgan fingerprint density at radius 3 is 2.38 bits per heavy atom. The summed E-state index contributed by atoms with van der Waals surface area (Å²) in [5.41, 5.74) is 3.07. The molecule has 1 aromatic carbocycles. The van der Waals surface area contributed by atoms with E-state index < -0.39 is 23.5 Å². The number of aliphatic hydroxyl groups excluding tert-OH is 1. The highest BCUT2D eigenvalue weighted by Gasteiger charge is 2.49. The minimum Gasteiger partial charge on any atom is -0.505 e. The van der Waals surface area contributed by atoms with Gasteiger partial charge in [0.25, 0.3) is 5.78 Å². The summed E-state index contributed by atoms with van der Waals surface area (Å²) in [6, 6.07) is 7.67. The zero-order valence-corrected chi connectivity index (χ0v) is 23.0. The number of pyridine rings is 1. The van der Waals surface area contributed by atoms with Gasteiger partial charge in [-0.2, -0.15) is 0 Å². The van der Waals surface area contributed by atoms with E-state index in [9.17, 15) is 19.5 Å². The van der Waals surface area contributed by atoms with Gasteiger partial charge in [0, 0.05) is 13.1 Å². The van der Waals surface area contributed by atoms with Crippen LogP contribution in [0.25, 0.3) is 11.4 Å². The fourth-order valence-electron chi connectivity index (χ4n) is 4.85. The van der Waals surface area contributed by atoms with Crippen LogP contribution in [-0.4, -0.2) is 51.2 Å². The number of hydrogen-bond acceptors (Lipinski definition) is 9. The summed E-state index contributed by atoms with van der Waals surface area (Å²) in [5, 5.41) is 11.8. The van der Waals surface area contributed by atoms with Gasteiger partial charge in [-0.15, -0.1) is 0 Å². The lowest BCUT2D eigenvalue weighted by Crippen LogP contribution is -2.29. The van der Waals surface area contributed by atoms with Gasteiger partial charge in [0.15, 0.2) is 28.2 Å². The summed E-state index contributed by atoms with van der Waals surface area (Å²) >= 11 is 1.02. The van der Waals surface area contributed by atoms with E-state index in [1.54, 1.807) is 32.0 Å². The number of methoxy groups -OCH3 is 2. The monoisotopic (exact) mass is 546 g/mol.